The molecule has 0 N–H and O–H groups in total. The summed E-state index contributed by atoms with van der Waals surface area (Å²) in [5, 5.41) is 0. The average molecular weight is 306 g/mol. The Kier molecular flexibility index (Phi) is 4.23. The van der Waals surface area contributed by atoms with Crippen LogP contribution in [0, 0.1) is 0 Å². The predicted octanol–water partition coefficient (Wildman–Crippen LogP) is 1.29. The topological polar surface area (TPSA) is 50.6 Å². The van der Waals surface area contributed by atoms with Crippen molar-refractivity contribution in [2.45, 2.75) is 44.9 Å². The number of nitrogens with zero attached hydrogens (tertiary/aromatic N) is 4. The van der Waals surface area contributed by atoms with Gasteiger partial charge in [0, 0.05) is 45.5 Å². The number of morpholine rings is 1. The molecule has 1 spiro atoms. The molecule has 0 radical (unpaired) electrons. The van der Waals surface area contributed by atoms with Crippen molar-refractivity contribution in [3.8, 4) is 0 Å². The molecule has 2 fully saturated rings. The van der Waals surface area contributed by atoms with Crippen LogP contribution >= 0.6 is 0 Å². The molecule has 22 heavy (non-hydrogen) atoms. The van der Waals surface area contributed by atoms with Crippen LogP contribution in [0.1, 0.15) is 38.4 Å². The number of likely N-dealkylation sites (tertiary alicyclic amines) is 1. The number of carbonyl (C=O) groups excluding carboxylic acids is 1. The van der Waals surface area contributed by atoms with Crippen molar-refractivity contribution in [3.63, 3.8) is 0 Å². The first-order valence-electron chi connectivity index (χ1n) is 8.10. The fourth-order valence-corrected chi connectivity index (χ4v) is 3.46. The standard InChI is InChI=1S/C16H26N4O2/c1-13(2)20-12-17-8-14(20)9-19-6-4-16(5-7-19)11-18(3)15(21)10-22-16/h8,12-13H,4-7,9-11H2,1-3H3. The Morgan fingerprint density at radius 2 is 2.09 bits per heavy atom. The van der Waals surface area contributed by atoms with Crippen molar-refractivity contribution in [1.82, 2.24) is 19.4 Å². The molecule has 122 valence electrons. The molecule has 0 unspecified atom stereocenters. The first-order valence-corrected chi connectivity index (χ1v) is 8.10. The monoisotopic (exact) mass is 306 g/mol. The molecule has 6 nitrogen and oxygen atoms in total. The van der Waals surface area contributed by atoms with E-state index in [4.69, 9.17) is 4.74 Å². The van der Waals surface area contributed by atoms with Gasteiger partial charge in [-0.3, -0.25) is 9.69 Å². The van der Waals surface area contributed by atoms with E-state index in [1.807, 2.05) is 24.5 Å². The van der Waals surface area contributed by atoms with E-state index in [1.165, 1.54) is 5.69 Å². The number of amides is 1. The molecule has 6 heteroatoms. The zero-order chi connectivity index (χ0) is 15.7. The van der Waals surface area contributed by atoms with Crippen molar-refractivity contribution in [2.75, 3.05) is 33.3 Å². The van der Waals surface area contributed by atoms with Gasteiger partial charge in [0.05, 0.1) is 17.6 Å². The molecule has 0 aromatic carbocycles. The molecule has 0 bridgehead atoms. The van der Waals surface area contributed by atoms with E-state index in [1.54, 1.807) is 0 Å². The minimum absolute atomic E-state index is 0.0916. The molecule has 2 aliphatic rings. The summed E-state index contributed by atoms with van der Waals surface area (Å²) in [5.74, 6) is 0.0916. The number of ether oxygens (including phenoxy) is 1. The number of likely N-dealkylation sites (N-methyl/N-ethyl adjacent to an activating group) is 1. The van der Waals surface area contributed by atoms with Gasteiger partial charge in [-0.1, -0.05) is 0 Å². The number of hydrogen-bond donors (Lipinski definition) is 0. The second-order valence-electron chi connectivity index (χ2n) is 6.88. The molecule has 3 rings (SSSR count). The van der Waals surface area contributed by atoms with E-state index in [2.05, 4.69) is 28.3 Å². The van der Waals surface area contributed by atoms with Gasteiger partial charge in [-0.2, -0.15) is 0 Å². The minimum atomic E-state index is -0.128. The van der Waals surface area contributed by atoms with Crippen LogP contribution in [0.25, 0.3) is 0 Å². The number of rotatable bonds is 3. The second-order valence-corrected chi connectivity index (χ2v) is 6.88. The summed E-state index contributed by atoms with van der Waals surface area (Å²) in [7, 11) is 1.88. The van der Waals surface area contributed by atoms with Gasteiger partial charge in [0.15, 0.2) is 0 Å². The summed E-state index contributed by atoms with van der Waals surface area (Å²) in [6.45, 7) is 8.26. The summed E-state index contributed by atoms with van der Waals surface area (Å²) in [5.41, 5.74) is 1.14. The third-order valence-electron chi connectivity index (χ3n) is 4.91. The summed E-state index contributed by atoms with van der Waals surface area (Å²) >= 11 is 0. The molecule has 3 heterocycles. The van der Waals surface area contributed by atoms with E-state index in [0.29, 0.717) is 6.04 Å². The number of hydrogen-bond acceptors (Lipinski definition) is 4. The van der Waals surface area contributed by atoms with E-state index in [9.17, 15) is 4.79 Å². The smallest absolute Gasteiger partial charge is 0.248 e. The molecule has 2 saturated heterocycles. The largest absolute Gasteiger partial charge is 0.363 e. The molecule has 1 aromatic rings. The van der Waals surface area contributed by atoms with Crippen LogP contribution in [-0.2, 0) is 16.1 Å². The predicted molar refractivity (Wildman–Crippen MR) is 83.4 cm³/mol. The first-order chi connectivity index (χ1) is 10.5. The molecule has 0 aliphatic carbocycles. The van der Waals surface area contributed by atoms with E-state index in [0.717, 1.165) is 39.0 Å². The second kappa shape index (κ2) is 6.01. The Morgan fingerprint density at radius 1 is 1.36 bits per heavy atom. The lowest BCUT2D eigenvalue weighted by Gasteiger charge is -2.46. The van der Waals surface area contributed by atoms with Crippen LogP contribution in [0.4, 0.5) is 0 Å². The SMILES string of the molecule is CC(C)n1cncc1CN1CCC2(CC1)CN(C)C(=O)CO2. The van der Waals surface area contributed by atoms with Crippen LogP contribution < -0.4 is 0 Å². The summed E-state index contributed by atoms with van der Waals surface area (Å²) < 4.78 is 8.13. The van der Waals surface area contributed by atoms with Crippen LogP contribution in [0.5, 0.6) is 0 Å². The van der Waals surface area contributed by atoms with Crippen LogP contribution in [-0.4, -0.2) is 64.1 Å². The quantitative estimate of drug-likeness (QED) is 0.844. The van der Waals surface area contributed by atoms with Gasteiger partial charge in [0.2, 0.25) is 5.91 Å². The van der Waals surface area contributed by atoms with Gasteiger partial charge < -0.3 is 14.2 Å². The van der Waals surface area contributed by atoms with Crippen molar-refractivity contribution in [2.24, 2.45) is 0 Å². The maximum atomic E-state index is 11.6. The lowest BCUT2D eigenvalue weighted by molar-refractivity contribution is -0.169. The Bertz CT molecular complexity index is 532. The molecular weight excluding hydrogens is 280 g/mol. The molecule has 1 amide bonds. The lowest BCUT2D eigenvalue weighted by atomic mass is 9.89. The lowest BCUT2D eigenvalue weighted by Crippen LogP contribution is -2.57. The number of carbonyl (C=O) groups is 1. The van der Waals surface area contributed by atoms with E-state index < -0.39 is 0 Å². The Labute approximate surface area is 132 Å². The highest BCUT2D eigenvalue weighted by molar-refractivity contribution is 5.78. The third kappa shape index (κ3) is 3.03. The summed E-state index contributed by atoms with van der Waals surface area (Å²) in [6.07, 6.45) is 5.85. The summed E-state index contributed by atoms with van der Waals surface area (Å²) in [6, 6.07) is 0.440. The fraction of sp³-hybridized carbons (Fsp3) is 0.750. The molecule has 2 aliphatic heterocycles. The van der Waals surface area contributed by atoms with Gasteiger partial charge in [-0.05, 0) is 26.7 Å². The normalized spacial score (nSPS) is 22.7. The Balaban J connectivity index is 1.58. The number of aromatic nitrogens is 2. The van der Waals surface area contributed by atoms with Crippen LogP contribution in [0.15, 0.2) is 12.5 Å². The molecule has 0 saturated carbocycles. The highest BCUT2D eigenvalue weighted by atomic mass is 16.5. The number of piperidine rings is 1. The average Bonchev–Trinajstić information content (AvgIpc) is 2.94. The van der Waals surface area contributed by atoms with Gasteiger partial charge >= 0.3 is 0 Å². The zero-order valence-electron chi connectivity index (χ0n) is 13.8. The minimum Gasteiger partial charge on any atom is -0.363 e. The maximum Gasteiger partial charge on any atom is 0.248 e. The Morgan fingerprint density at radius 3 is 2.73 bits per heavy atom. The van der Waals surface area contributed by atoms with Crippen molar-refractivity contribution in [3.05, 3.63) is 18.2 Å². The van der Waals surface area contributed by atoms with Crippen LogP contribution in [0.3, 0.4) is 0 Å². The highest BCUT2D eigenvalue weighted by Crippen LogP contribution is 2.30. The van der Waals surface area contributed by atoms with Crippen molar-refractivity contribution >= 4 is 5.91 Å². The maximum absolute atomic E-state index is 11.6. The third-order valence-corrected chi connectivity index (χ3v) is 4.91. The number of imidazole rings is 1. The van der Waals surface area contributed by atoms with E-state index in [-0.39, 0.29) is 18.1 Å². The molecular formula is C16H26N4O2. The van der Waals surface area contributed by atoms with Gasteiger partial charge in [-0.25, -0.2) is 4.98 Å². The molecule has 1 aromatic heterocycles. The van der Waals surface area contributed by atoms with E-state index >= 15 is 0 Å². The van der Waals surface area contributed by atoms with Gasteiger partial charge in [-0.15, -0.1) is 0 Å². The molecule has 0 atom stereocenters. The zero-order valence-corrected chi connectivity index (χ0v) is 13.8. The van der Waals surface area contributed by atoms with Crippen molar-refractivity contribution in [1.29, 1.82) is 0 Å². The van der Waals surface area contributed by atoms with Crippen LogP contribution in [0.2, 0.25) is 0 Å². The summed E-state index contributed by atoms with van der Waals surface area (Å²) in [4.78, 5) is 20.1. The van der Waals surface area contributed by atoms with Gasteiger partial charge in [0.25, 0.3) is 0 Å². The fourth-order valence-electron chi connectivity index (χ4n) is 3.46. The Hall–Kier alpha value is -1.40. The van der Waals surface area contributed by atoms with Crippen molar-refractivity contribution < 1.29 is 9.53 Å². The highest BCUT2D eigenvalue weighted by Gasteiger charge is 2.41. The first kappa shape index (κ1) is 15.5. The van der Waals surface area contributed by atoms with Gasteiger partial charge in [0.1, 0.15) is 6.61 Å².